The molecule has 0 spiro atoms. The van der Waals surface area contributed by atoms with Crippen LogP contribution in [0.1, 0.15) is 37.3 Å². The minimum atomic E-state index is 0. The molecule has 142 valence electrons. The predicted molar refractivity (Wildman–Crippen MR) is 122 cm³/mol. The van der Waals surface area contributed by atoms with Crippen molar-refractivity contribution in [3.63, 3.8) is 0 Å². The Balaban J connectivity index is 0.00000312. The number of nitrogens with zero attached hydrogens (tertiary/aromatic N) is 2. The summed E-state index contributed by atoms with van der Waals surface area (Å²) in [7, 11) is 0. The number of likely N-dealkylation sites (tertiary alicyclic amines) is 1. The number of halogens is 1. The molecule has 0 amide bonds. The van der Waals surface area contributed by atoms with Crippen molar-refractivity contribution < 1.29 is 0 Å². The smallest absolute Gasteiger partial charge is 0.191 e. The monoisotopic (exact) mass is 476 g/mol. The van der Waals surface area contributed by atoms with E-state index in [1.54, 1.807) is 0 Å². The van der Waals surface area contributed by atoms with Gasteiger partial charge in [-0.3, -0.25) is 4.90 Å². The van der Waals surface area contributed by atoms with Crippen molar-refractivity contribution in [3.8, 4) is 0 Å². The molecule has 0 aliphatic carbocycles. The molecule has 1 aromatic carbocycles. The third kappa shape index (κ3) is 9.15. The van der Waals surface area contributed by atoms with E-state index in [1.807, 2.05) is 11.8 Å². The molecule has 6 heteroatoms. The fourth-order valence-corrected chi connectivity index (χ4v) is 3.22. The highest BCUT2D eigenvalue weighted by Gasteiger charge is 2.10. The van der Waals surface area contributed by atoms with Crippen LogP contribution in [0.25, 0.3) is 0 Å². The van der Waals surface area contributed by atoms with E-state index < -0.39 is 0 Å². The van der Waals surface area contributed by atoms with Gasteiger partial charge in [-0.25, -0.2) is 4.99 Å². The Bertz CT molecular complexity index is 487. The van der Waals surface area contributed by atoms with Gasteiger partial charge in [0.25, 0.3) is 0 Å². The first-order valence-electron chi connectivity index (χ1n) is 9.13. The van der Waals surface area contributed by atoms with E-state index >= 15 is 0 Å². The fraction of sp³-hybridized carbons (Fsp3) is 0.632. The molecule has 0 radical (unpaired) electrons. The van der Waals surface area contributed by atoms with Gasteiger partial charge in [-0.15, -0.1) is 24.0 Å². The van der Waals surface area contributed by atoms with Crippen molar-refractivity contribution in [3.05, 3.63) is 35.4 Å². The Morgan fingerprint density at radius 3 is 2.40 bits per heavy atom. The molecule has 1 fully saturated rings. The van der Waals surface area contributed by atoms with Crippen LogP contribution in [-0.4, -0.2) is 49.0 Å². The maximum atomic E-state index is 4.68. The molecule has 1 aliphatic rings. The SMILES string of the molecule is CCNC(=NCc1ccc(CN2CCCCC2)cc1)NCCSC.I. The molecular weight excluding hydrogens is 443 g/mol. The number of benzene rings is 1. The van der Waals surface area contributed by atoms with E-state index in [9.17, 15) is 0 Å². The van der Waals surface area contributed by atoms with Gasteiger partial charge in [0.05, 0.1) is 6.54 Å². The molecule has 0 atom stereocenters. The highest BCUT2D eigenvalue weighted by atomic mass is 127. The first-order chi connectivity index (χ1) is 11.8. The first kappa shape index (κ1) is 22.6. The summed E-state index contributed by atoms with van der Waals surface area (Å²) < 4.78 is 0. The highest BCUT2D eigenvalue weighted by Crippen LogP contribution is 2.13. The second-order valence-corrected chi connectivity index (χ2v) is 7.25. The lowest BCUT2D eigenvalue weighted by Crippen LogP contribution is -2.38. The average molecular weight is 476 g/mol. The van der Waals surface area contributed by atoms with Gasteiger partial charge in [-0.05, 0) is 50.2 Å². The van der Waals surface area contributed by atoms with Crippen LogP contribution in [0.3, 0.4) is 0 Å². The molecule has 1 heterocycles. The number of hydrogen-bond acceptors (Lipinski definition) is 3. The van der Waals surface area contributed by atoms with E-state index in [4.69, 9.17) is 0 Å². The number of piperidine rings is 1. The topological polar surface area (TPSA) is 39.7 Å². The largest absolute Gasteiger partial charge is 0.357 e. The Kier molecular flexibility index (Phi) is 12.4. The van der Waals surface area contributed by atoms with E-state index in [-0.39, 0.29) is 24.0 Å². The molecule has 2 rings (SSSR count). The molecule has 1 aromatic rings. The zero-order valence-electron chi connectivity index (χ0n) is 15.6. The fourth-order valence-electron chi connectivity index (χ4n) is 2.91. The molecule has 0 unspecified atom stereocenters. The van der Waals surface area contributed by atoms with Crippen LogP contribution in [-0.2, 0) is 13.1 Å². The standard InChI is InChI=1S/C19H32N4S.HI/c1-3-20-19(21-11-14-24-2)22-15-17-7-9-18(10-8-17)16-23-12-5-4-6-13-23;/h7-10H,3-6,11-16H2,1-2H3,(H2,20,21,22);1H. The van der Waals surface area contributed by atoms with Gasteiger partial charge in [0.1, 0.15) is 0 Å². The second kappa shape index (κ2) is 13.7. The van der Waals surface area contributed by atoms with Crippen molar-refractivity contribution in [2.45, 2.75) is 39.3 Å². The minimum absolute atomic E-state index is 0. The normalized spacial score (nSPS) is 15.5. The van der Waals surface area contributed by atoms with Gasteiger partial charge in [0, 0.05) is 25.4 Å². The molecule has 0 bridgehead atoms. The van der Waals surface area contributed by atoms with Crippen molar-refractivity contribution >= 4 is 41.7 Å². The summed E-state index contributed by atoms with van der Waals surface area (Å²) in [5, 5.41) is 6.67. The number of aliphatic imine (C=N–C) groups is 1. The molecule has 2 N–H and O–H groups in total. The molecule has 0 aromatic heterocycles. The zero-order valence-corrected chi connectivity index (χ0v) is 18.7. The van der Waals surface area contributed by atoms with Gasteiger partial charge in [0.2, 0.25) is 0 Å². The lowest BCUT2D eigenvalue weighted by Gasteiger charge is -2.26. The third-order valence-corrected chi connectivity index (χ3v) is 4.85. The molecule has 1 aliphatic heterocycles. The van der Waals surface area contributed by atoms with Crippen LogP contribution in [0.2, 0.25) is 0 Å². The average Bonchev–Trinajstić information content (AvgIpc) is 2.62. The van der Waals surface area contributed by atoms with Crippen molar-refractivity contribution in [1.29, 1.82) is 0 Å². The quantitative estimate of drug-likeness (QED) is 0.260. The maximum Gasteiger partial charge on any atom is 0.191 e. The molecular formula is C19H33IN4S. The van der Waals surface area contributed by atoms with Crippen LogP contribution in [0.5, 0.6) is 0 Å². The van der Waals surface area contributed by atoms with E-state index in [2.05, 4.69) is 58.0 Å². The lowest BCUT2D eigenvalue weighted by molar-refractivity contribution is 0.221. The maximum absolute atomic E-state index is 4.68. The van der Waals surface area contributed by atoms with E-state index in [0.717, 1.165) is 37.9 Å². The van der Waals surface area contributed by atoms with Gasteiger partial charge in [-0.1, -0.05) is 30.7 Å². The van der Waals surface area contributed by atoms with Crippen molar-refractivity contribution in [2.24, 2.45) is 4.99 Å². The van der Waals surface area contributed by atoms with E-state index in [1.165, 1.54) is 43.5 Å². The molecule has 4 nitrogen and oxygen atoms in total. The lowest BCUT2D eigenvalue weighted by atomic mass is 10.1. The number of nitrogens with one attached hydrogen (secondary N) is 2. The first-order valence-corrected chi connectivity index (χ1v) is 10.5. The Hall–Kier alpha value is -0.470. The van der Waals surface area contributed by atoms with Crippen LogP contribution < -0.4 is 10.6 Å². The summed E-state index contributed by atoms with van der Waals surface area (Å²) >= 11 is 1.84. The number of thioether (sulfide) groups is 1. The van der Waals surface area contributed by atoms with Gasteiger partial charge >= 0.3 is 0 Å². The summed E-state index contributed by atoms with van der Waals surface area (Å²) in [5.41, 5.74) is 2.68. The van der Waals surface area contributed by atoms with E-state index in [0.29, 0.717) is 0 Å². The van der Waals surface area contributed by atoms with Crippen molar-refractivity contribution in [1.82, 2.24) is 15.5 Å². The summed E-state index contributed by atoms with van der Waals surface area (Å²) in [6.45, 7) is 8.24. The minimum Gasteiger partial charge on any atom is -0.357 e. The predicted octanol–water partition coefficient (Wildman–Crippen LogP) is 3.71. The number of hydrogen-bond donors (Lipinski definition) is 2. The molecule has 0 saturated carbocycles. The summed E-state index contributed by atoms with van der Waals surface area (Å²) in [4.78, 5) is 7.24. The van der Waals surface area contributed by atoms with Crippen LogP contribution in [0.15, 0.2) is 29.3 Å². The number of guanidine groups is 1. The van der Waals surface area contributed by atoms with Crippen LogP contribution in [0, 0.1) is 0 Å². The zero-order chi connectivity index (χ0) is 17.0. The molecule has 1 saturated heterocycles. The van der Waals surface area contributed by atoms with Gasteiger partial charge in [-0.2, -0.15) is 11.8 Å². The Morgan fingerprint density at radius 1 is 1.08 bits per heavy atom. The summed E-state index contributed by atoms with van der Waals surface area (Å²) in [5.74, 6) is 2.00. The summed E-state index contributed by atoms with van der Waals surface area (Å²) in [6, 6.07) is 8.95. The van der Waals surface area contributed by atoms with Crippen LogP contribution >= 0.6 is 35.7 Å². The summed E-state index contributed by atoms with van der Waals surface area (Å²) in [6.07, 6.45) is 6.22. The molecule has 25 heavy (non-hydrogen) atoms. The third-order valence-electron chi connectivity index (χ3n) is 4.24. The van der Waals surface area contributed by atoms with Gasteiger partial charge in [0.15, 0.2) is 5.96 Å². The van der Waals surface area contributed by atoms with Gasteiger partial charge < -0.3 is 10.6 Å². The Morgan fingerprint density at radius 2 is 1.76 bits per heavy atom. The van der Waals surface area contributed by atoms with Crippen LogP contribution in [0.4, 0.5) is 0 Å². The highest BCUT2D eigenvalue weighted by molar-refractivity contribution is 14.0. The Labute approximate surface area is 174 Å². The number of rotatable bonds is 8. The van der Waals surface area contributed by atoms with Crippen molar-refractivity contribution in [2.75, 3.05) is 38.2 Å². The second-order valence-electron chi connectivity index (χ2n) is 6.27.